The predicted octanol–water partition coefficient (Wildman–Crippen LogP) is 5.09. The van der Waals surface area contributed by atoms with Crippen LogP contribution in [0.2, 0.25) is 0 Å². The number of hydrogen-bond donors (Lipinski definition) is 1. The number of Topliss-reactive ketones (excluding diaryl/α,β-unsaturated/α-hetero) is 1. The quantitative estimate of drug-likeness (QED) is 0.606. The Morgan fingerprint density at radius 3 is 2.62 bits per heavy atom. The summed E-state index contributed by atoms with van der Waals surface area (Å²) in [7, 11) is 0. The number of ketones is 1. The Kier molecular flexibility index (Phi) is 6.40. The SMILES string of the molecule is O=C(CCC(=O)c1ccc2c(c1)CCCC2)Nc1cccc(COCC2CC2)c1. The van der Waals surface area contributed by atoms with Crippen molar-refractivity contribution in [2.75, 3.05) is 11.9 Å². The lowest BCUT2D eigenvalue weighted by Gasteiger charge is -2.16. The van der Waals surface area contributed by atoms with Crippen LogP contribution in [0.15, 0.2) is 42.5 Å². The molecule has 1 fully saturated rings. The van der Waals surface area contributed by atoms with Gasteiger partial charge in [0, 0.05) is 30.7 Å². The van der Waals surface area contributed by atoms with E-state index < -0.39 is 0 Å². The Morgan fingerprint density at radius 2 is 1.79 bits per heavy atom. The lowest BCUT2D eigenvalue weighted by atomic mass is 9.89. The molecule has 0 saturated heterocycles. The maximum absolute atomic E-state index is 12.5. The molecule has 4 heteroatoms. The molecule has 1 saturated carbocycles. The number of anilines is 1. The highest BCUT2D eigenvalue weighted by Gasteiger charge is 2.21. The van der Waals surface area contributed by atoms with Gasteiger partial charge >= 0.3 is 0 Å². The maximum atomic E-state index is 12.5. The molecule has 4 nitrogen and oxygen atoms in total. The number of benzene rings is 2. The van der Waals surface area contributed by atoms with Crippen LogP contribution in [0.3, 0.4) is 0 Å². The molecule has 2 aliphatic carbocycles. The highest BCUT2D eigenvalue weighted by atomic mass is 16.5. The Labute approximate surface area is 172 Å². The minimum atomic E-state index is -0.132. The fraction of sp³-hybridized carbons (Fsp3) is 0.440. The summed E-state index contributed by atoms with van der Waals surface area (Å²) in [6, 6.07) is 13.8. The summed E-state index contributed by atoms with van der Waals surface area (Å²) in [6.45, 7) is 1.39. The average molecular weight is 392 g/mol. The lowest BCUT2D eigenvalue weighted by molar-refractivity contribution is -0.116. The molecule has 2 aromatic rings. The average Bonchev–Trinajstić information content (AvgIpc) is 3.56. The van der Waals surface area contributed by atoms with Gasteiger partial charge in [0.15, 0.2) is 5.78 Å². The van der Waals surface area contributed by atoms with Crippen molar-refractivity contribution in [3.63, 3.8) is 0 Å². The molecule has 2 aliphatic rings. The number of ether oxygens (including phenoxy) is 1. The normalized spacial score (nSPS) is 15.6. The second-order valence-electron chi connectivity index (χ2n) is 8.32. The van der Waals surface area contributed by atoms with Crippen LogP contribution in [-0.4, -0.2) is 18.3 Å². The van der Waals surface area contributed by atoms with E-state index in [0.717, 1.165) is 42.2 Å². The van der Waals surface area contributed by atoms with Gasteiger partial charge in [0.25, 0.3) is 0 Å². The molecule has 0 aliphatic heterocycles. The Balaban J connectivity index is 1.25. The van der Waals surface area contributed by atoms with Crippen molar-refractivity contribution < 1.29 is 14.3 Å². The van der Waals surface area contributed by atoms with Crippen molar-refractivity contribution in [1.82, 2.24) is 0 Å². The van der Waals surface area contributed by atoms with Crippen LogP contribution in [0.25, 0.3) is 0 Å². The van der Waals surface area contributed by atoms with Crippen LogP contribution in [0.1, 0.15) is 65.6 Å². The van der Waals surface area contributed by atoms with E-state index in [0.29, 0.717) is 6.61 Å². The molecule has 0 unspecified atom stereocenters. The van der Waals surface area contributed by atoms with Crippen LogP contribution in [0.4, 0.5) is 5.69 Å². The second-order valence-corrected chi connectivity index (χ2v) is 8.32. The van der Waals surface area contributed by atoms with E-state index in [2.05, 4.69) is 11.4 Å². The minimum absolute atomic E-state index is 0.0377. The summed E-state index contributed by atoms with van der Waals surface area (Å²) in [5, 5.41) is 2.90. The summed E-state index contributed by atoms with van der Waals surface area (Å²) in [5.74, 6) is 0.647. The molecule has 0 heterocycles. The van der Waals surface area contributed by atoms with Gasteiger partial charge in [0.1, 0.15) is 0 Å². The number of nitrogens with one attached hydrogen (secondary N) is 1. The number of carbonyl (C=O) groups excluding carboxylic acids is 2. The monoisotopic (exact) mass is 391 g/mol. The molecule has 0 aromatic heterocycles. The summed E-state index contributed by atoms with van der Waals surface area (Å²) in [6.07, 6.45) is 7.56. The Bertz CT molecular complexity index is 885. The van der Waals surface area contributed by atoms with Gasteiger partial charge in [0.05, 0.1) is 6.61 Å². The van der Waals surface area contributed by atoms with Crippen LogP contribution < -0.4 is 5.32 Å². The van der Waals surface area contributed by atoms with Crippen LogP contribution in [0.5, 0.6) is 0 Å². The lowest BCUT2D eigenvalue weighted by Crippen LogP contribution is -2.14. The molecule has 1 amide bonds. The molecule has 0 bridgehead atoms. The minimum Gasteiger partial charge on any atom is -0.376 e. The number of rotatable bonds is 9. The van der Waals surface area contributed by atoms with Crippen LogP contribution in [0, 0.1) is 5.92 Å². The molecule has 1 N–H and O–H groups in total. The van der Waals surface area contributed by atoms with Crippen LogP contribution >= 0.6 is 0 Å². The van der Waals surface area contributed by atoms with Gasteiger partial charge in [0.2, 0.25) is 5.91 Å². The second kappa shape index (κ2) is 9.36. The fourth-order valence-electron chi connectivity index (χ4n) is 3.87. The standard InChI is InChI=1S/C25H29NO3/c27-24(22-11-10-20-5-1-2-6-21(20)15-22)12-13-25(28)26-23-7-3-4-19(14-23)17-29-16-18-8-9-18/h3-4,7,10-11,14-15,18H,1-2,5-6,8-9,12-13,16-17H2,(H,26,28). The van der Waals surface area contributed by atoms with Crippen molar-refractivity contribution in [3.8, 4) is 0 Å². The summed E-state index contributed by atoms with van der Waals surface area (Å²) in [5.41, 5.74) is 5.20. The fourth-order valence-corrected chi connectivity index (χ4v) is 3.87. The Hall–Kier alpha value is -2.46. The van der Waals surface area contributed by atoms with Gasteiger partial charge in [-0.15, -0.1) is 0 Å². The van der Waals surface area contributed by atoms with E-state index in [1.54, 1.807) is 0 Å². The molecular weight excluding hydrogens is 362 g/mol. The van der Waals surface area contributed by atoms with Crippen molar-refractivity contribution in [2.45, 2.75) is 58.0 Å². The van der Waals surface area contributed by atoms with Gasteiger partial charge in [-0.1, -0.05) is 24.3 Å². The van der Waals surface area contributed by atoms with Gasteiger partial charge in [-0.3, -0.25) is 9.59 Å². The highest BCUT2D eigenvalue weighted by molar-refractivity contribution is 6.00. The van der Waals surface area contributed by atoms with Crippen LogP contribution in [-0.2, 0) is 29.0 Å². The van der Waals surface area contributed by atoms with Crippen molar-refractivity contribution >= 4 is 17.4 Å². The Morgan fingerprint density at radius 1 is 0.966 bits per heavy atom. The third kappa shape index (κ3) is 5.77. The summed E-state index contributed by atoms with van der Waals surface area (Å²) in [4.78, 5) is 24.8. The van der Waals surface area contributed by atoms with E-state index in [1.807, 2.05) is 36.4 Å². The number of fused-ring (bicyclic) bond motifs is 1. The predicted molar refractivity (Wildman–Crippen MR) is 114 cm³/mol. The summed E-state index contributed by atoms with van der Waals surface area (Å²) < 4.78 is 5.71. The first kappa shape index (κ1) is 19.8. The van der Waals surface area contributed by atoms with Gasteiger partial charge in [-0.05, 0) is 79.3 Å². The number of amides is 1. The first-order valence-corrected chi connectivity index (χ1v) is 10.8. The third-order valence-corrected chi connectivity index (χ3v) is 5.78. The molecule has 0 atom stereocenters. The highest BCUT2D eigenvalue weighted by Crippen LogP contribution is 2.29. The molecular formula is C25H29NO3. The smallest absolute Gasteiger partial charge is 0.224 e. The van der Waals surface area contributed by atoms with Gasteiger partial charge in [-0.25, -0.2) is 0 Å². The zero-order chi connectivity index (χ0) is 20.1. The molecule has 152 valence electrons. The first-order valence-electron chi connectivity index (χ1n) is 10.8. The van der Waals surface area contributed by atoms with Crippen molar-refractivity contribution in [1.29, 1.82) is 0 Å². The first-order chi connectivity index (χ1) is 14.2. The number of aryl methyl sites for hydroxylation is 2. The van der Waals surface area contributed by atoms with Crippen molar-refractivity contribution in [3.05, 3.63) is 64.7 Å². The van der Waals surface area contributed by atoms with E-state index in [1.165, 1.54) is 36.8 Å². The van der Waals surface area contributed by atoms with E-state index in [9.17, 15) is 9.59 Å². The maximum Gasteiger partial charge on any atom is 0.224 e. The zero-order valence-electron chi connectivity index (χ0n) is 16.9. The number of hydrogen-bond acceptors (Lipinski definition) is 3. The molecule has 29 heavy (non-hydrogen) atoms. The largest absolute Gasteiger partial charge is 0.376 e. The third-order valence-electron chi connectivity index (χ3n) is 5.78. The van der Waals surface area contributed by atoms with E-state index in [4.69, 9.17) is 4.74 Å². The molecule has 0 spiro atoms. The molecule has 0 radical (unpaired) electrons. The topological polar surface area (TPSA) is 55.4 Å². The molecule has 2 aromatic carbocycles. The molecule has 4 rings (SSSR count). The summed E-state index contributed by atoms with van der Waals surface area (Å²) >= 11 is 0. The van der Waals surface area contributed by atoms with E-state index in [-0.39, 0.29) is 24.5 Å². The van der Waals surface area contributed by atoms with Crippen molar-refractivity contribution in [2.24, 2.45) is 5.92 Å². The number of carbonyl (C=O) groups is 2. The van der Waals surface area contributed by atoms with Gasteiger partial charge < -0.3 is 10.1 Å². The zero-order valence-corrected chi connectivity index (χ0v) is 16.9. The van der Waals surface area contributed by atoms with E-state index >= 15 is 0 Å². The van der Waals surface area contributed by atoms with Gasteiger partial charge in [-0.2, -0.15) is 0 Å².